The lowest BCUT2D eigenvalue weighted by molar-refractivity contribution is -0.154. The molecule has 0 unspecified atom stereocenters. The zero-order valence-corrected chi connectivity index (χ0v) is 12.3. The summed E-state index contributed by atoms with van der Waals surface area (Å²) in [5.74, 6) is -1.34. The van der Waals surface area contributed by atoms with E-state index in [1.165, 1.54) is 11.1 Å². The zero-order valence-electron chi connectivity index (χ0n) is 12.3. The van der Waals surface area contributed by atoms with E-state index in [9.17, 15) is 9.59 Å². The summed E-state index contributed by atoms with van der Waals surface area (Å²) in [6.45, 7) is 4.32. The molecule has 1 N–H and O–H groups in total. The molecule has 0 aliphatic carbocycles. The molecule has 2 aromatic heterocycles. The first kappa shape index (κ1) is 14.5. The molecule has 1 amide bonds. The van der Waals surface area contributed by atoms with E-state index in [0.29, 0.717) is 17.8 Å². The predicted molar refractivity (Wildman–Crippen MR) is 75.7 cm³/mol. The Morgan fingerprint density at radius 1 is 1.41 bits per heavy atom. The van der Waals surface area contributed by atoms with Gasteiger partial charge < -0.3 is 14.7 Å². The highest BCUT2D eigenvalue weighted by Crippen LogP contribution is 2.16. The third-order valence-corrected chi connectivity index (χ3v) is 3.64. The number of hydrogen-bond acceptors (Lipinski definition) is 5. The molecule has 0 spiro atoms. The molecule has 1 saturated heterocycles. The van der Waals surface area contributed by atoms with Gasteiger partial charge in [0, 0.05) is 17.9 Å². The Labute approximate surface area is 126 Å². The number of rotatable bonds is 2. The maximum Gasteiger partial charge on any atom is 0.334 e. The lowest BCUT2D eigenvalue weighted by atomic mass is 10.2. The molecule has 116 valence electrons. The van der Waals surface area contributed by atoms with Crippen LogP contribution in [0.5, 0.6) is 0 Å². The number of amides is 1. The van der Waals surface area contributed by atoms with Gasteiger partial charge in [-0.15, -0.1) is 0 Å². The Balaban J connectivity index is 1.94. The van der Waals surface area contributed by atoms with Crippen LogP contribution in [0.1, 0.15) is 21.7 Å². The Kier molecular flexibility index (Phi) is 3.53. The summed E-state index contributed by atoms with van der Waals surface area (Å²) in [6.07, 6.45) is 0.485. The quantitative estimate of drug-likeness (QED) is 0.855. The van der Waals surface area contributed by atoms with Gasteiger partial charge in [-0.3, -0.25) is 4.79 Å². The van der Waals surface area contributed by atoms with Crippen LogP contribution in [0.25, 0.3) is 5.65 Å². The summed E-state index contributed by atoms with van der Waals surface area (Å²) in [4.78, 5) is 29.5. The van der Waals surface area contributed by atoms with Gasteiger partial charge in [-0.25, -0.2) is 14.3 Å². The van der Waals surface area contributed by atoms with Crippen molar-refractivity contribution in [1.29, 1.82) is 0 Å². The topological polar surface area (TPSA) is 97.0 Å². The third-order valence-electron chi connectivity index (χ3n) is 3.64. The van der Waals surface area contributed by atoms with Crippen LogP contribution in [0.15, 0.2) is 12.3 Å². The number of carbonyl (C=O) groups excluding carboxylic acids is 1. The van der Waals surface area contributed by atoms with Crippen LogP contribution in [0.4, 0.5) is 0 Å². The number of nitrogens with zero attached hydrogens (tertiary/aromatic N) is 4. The maximum absolute atomic E-state index is 12.6. The van der Waals surface area contributed by atoms with Crippen molar-refractivity contribution in [1.82, 2.24) is 19.5 Å². The van der Waals surface area contributed by atoms with E-state index in [1.807, 2.05) is 19.9 Å². The number of aromatic nitrogens is 3. The van der Waals surface area contributed by atoms with Gasteiger partial charge in [0.25, 0.3) is 5.91 Å². The van der Waals surface area contributed by atoms with Crippen LogP contribution >= 0.6 is 0 Å². The molecule has 3 rings (SSSR count). The molecule has 2 aromatic rings. The molecular formula is C14H16N4O4. The van der Waals surface area contributed by atoms with Crippen molar-refractivity contribution in [2.24, 2.45) is 0 Å². The van der Waals surface area contributed by atoms with Crippen molar-refractivity contribution < 1.29 is 19.4 Å². The second kappa shape index (κ2) is 5.38. The first-order valence-electron chi connectivity index (χ1n) is 6.93. The highest BCUT2D eigenvalue weighted by atomic mass is 16.5. The third kappa shape index (κ3) is 2.41. The number of carboxylic acid groups (broad SMARTS) is 1. The Bertz CT molecular complexity index is 755. The molecule has 0 saturated carbocycles. The highest BCUT2D eigenvalue weighted by molar-refractivity contribution is 6.00. The van der Waals surface area contributed by atoms with Crippen molar-refractivity contribution in [2.75, 3.05) is 19.7 Å². The minimum Gasteiger partial charge on any atom is -0.479 e. The predicted octanol–water partition coefficient (Wildman–Crippen LogP) is 0.272. The second-order valence-corrected chi connectivity index (χ2v) is 5.28. The summed E-state index contributed by atoms with van der Waals surface area (Å²) in [5, 5.41) is 13.2. The lowest BCUT2D eigenvalue weighted by Gasteiger charge is -2.30. The van der Waals surface area contributed by atoms with Crippen LogP contribution in [-0.2, 0) is 9.53 Å². The summed E-state index contributed by atoms with van der Waals surface area (Å²) in [5.41, 5.74) is 2.54. The molecular weight excluding hydrogens is 288 g/mol. The van der Waals surface area contributed by atoms with Crippen molar-refractivity contribution in [3.05, 3.63) is 29.2 Å². The Morgan fingerprint density at radius 3 is 2.91 bits per heavy atom. The number of hydrogen-bond donors (Lipinski definition) is 1. The van der Waals surface area contributed by atoms with Gasteiger partial charge in [-0.05, 0) is 19.9 Å². The van der Waals surface area contributed by atoms with Crippen molar-refractivity contribution in [3.63, 3.8) is 0 Å². The number of aliphatic carboxylic acids is 1. The van der Waals surface area contributed by atoms with Gasteiger partial charge in [-0.1, -0.05) is 0 Å². The largest absolute Gasteiger partial charge is 0.479 e. The molecule has 1 atom stereocenters. The summed E-state index contributed by atoms with van der Waals surface area (Å²) in [6, 6.07) is 1.88. The molecule has 8 nitrogen and oxygen atoms in total. The van der Waals surface area contributed by atoms with E-state index in [4.69, 9.17) is 9.84 Å². The first-order valence-corrected chi connectivity index (χ1v) is 6.93. The van der Waals surface area contributed by atoms with Gasteiger partial charge in [0.05, 0.1) is 19.3 Å². The number of carbonyl (C=O) groups is 2. The molecule has 1 aliphatic heterocycles. The fourth-order valence-electron chi connectivity index (χ4n) is 2.57. The molecule has 22 heavy (non-hydrogen) atoms. The fourth-order valence-corrected chi connectivity index (χ4v) is 2.57. The monoisotopic (exact) mass is 304 g/mol. The van der Waals surface area contributed by atoms with Gasteiger partial charge in [-0.2, -0.15) is 5.10 Å². The maximum atomic E-state index is 12.6. The van der Waals surface area contributed by atoms with Crippen LogP contribution in [0, 0.1) is 13.8 Å². The number of carboxylic acids is 1. The van der Waals surface area contributed by atoms with Gasteiger partial charge in [0.1, 0.15) is 5.56 Å². The number of ether oxygens (including phenoxy) is 1. The van der Waals surface area contributed by atoms with E-state index in [0.717, 1.165) is 11.4 Å². The van der Waals surface area contributed by atoms with Crippen LogP contribution in [-0.4, -0.2) is 62.3 Å². The smallest absolute Gasteiger partial charge is 0.334 e. The minimum absolute atomic E-state index is 0.0241. The number of morpholine rings is 1. The zero-order chi connectivity index (χ0) is 15.9. The van der Waals surface area contributed by atoms with Crippen molar-refractivity contribution >= 4 is 17.5 Å². The van der Waals surface area contributed by atoms with Crippen molar-refractivity contribution in [2.45, 2.75) is 20.0 Å². The van der Waals surface area contributed by atoms with Crippen LogP contribution < -0.4 is 0 Å². The fraction of sp³-hybridized carbons (Fsp3) is 0.429. The van der Waals surface area contributed by atoms with E-state index >= 15 is 0 Å². The lowest BCUT2D eigenvalue weighted by Crippen LogP contribution is -2.48. The standard InChI is InChI=1S/C14H16N4O4/c1-8-5-9(2)18-12(16-8)10(6-15-18)13(19)17-3-4-22-11(7-17)14(20)21/h5-6,11H,3-4,7H2,1-2H3,(H,20,21)/t11-/m1/s1. The second-order valence-electron chi connectivity index (χ2n) is 5.28. The van der Waals surface area contributed by atoms with Crippen LogP contribution in [0.3, 0.4) is 0 Å². The SMILES string of the molecule is Cc1cc(C)n2ncc(C(=O)N3CCO[C@@H](C(=O)O)C3)c2n1. The normalized spacial score (nSPS) is 18.6. The van der Waals surface area contributed by atoms with Gasteiger partial charge in [0.15, 0.2) is 11.8 Å². The highest BCUT2D eigenvalue weighted by Gasteiger charge is 2.31. The molecule has 1 fully saturated rings. The summed E-state index contributed by atoms with van der Waals surface area (Å²) in [7, 11) is 0. The van der Waals surface area contributed by atoms with Crippen LogP contribution in [0.2, 0.25) is 0 Å². The summed E-state index contributed by atoms with van der Waals surface area (Å²) >= 11 is 0. The Morgan fingerprint density at radius 2 is 2.18 bits per heavy atom. The van der Waals surface area contributed by atoms with E-state index < -0.39 is 12.1 Å². The van der Waals surface area contributed by atoms with E-state index in [2.05, 4.69) is 10.1 Å². The molecule has 8 heteroatoms. The van der Waals surface area contributed by atoms with E-state index in [-0.39, 0.29) is 19.1 Å². The molecule has 0 aromatic carbocycles. The van der Waals surface area contributed by atoms with Gasteiger partial charge >= 0.3 is 5.97 Å². The molecule has 1 aliphatic rings. The molecule has 3 heterocycles. The minimum atomic E-state index is -1.07. The Hall–Kier alpha value is -2.48. The number of aryl methyl sites for hydroxylation is 2. The summed E-state index contributed by atoms with van der Waals surface area (Å²) < 4.78 is 6.74. The van der Waals surface area contributed by atoms with Crippen molar-refractivity contribution in [3.8, 4) is 0 Å². The van der Waals surface area contributed by atoms with Gasteiger partial charge in [0.2, 0.25) is 0 Å². The van der Waals surface area contributed by atoms with E-state index in [1.54, 1.807) is 4.52 Å². The first-order chi connectivity index (χ1) is 10.5. The molecule has 0 radical (unpaired) electrons. The average Bonchev–Trinajstić information content (AvgIpc) is 2.90. The molecule has 0 bridgehead atoms. The number of fused-ring (bicyclic) bond motifs is 1. The average molecular weight is 304 g/mol.